The predicted octanol–water partition coefficient (Wildman–Crippen LogP) is 3.26. The molecule has 1 aliphatic heterocycles. The van der Waals surface area contributed by atoms with Gasteiger partial charge in [-0.3, -0.25) is 10.1 Å². The Labute approximate surface area is 126 Å². The lowest BCUT2D eigenvalue weighted by Crippen LogP contribution is -2.44. The molecule has 0 bridgehead atoms. The first kappa shape index (κ1) is 15.8. The van der Waals surface area contributed by atoms with Crippen LogP contribution in [0.1, 0.15) is 38.2 Å². The molecule has 1 heterocycles. The van der Waals surface area contributed by atoms with Gasteiger partial charge in [-0.05, 0) is 44.4 Å². The molecule has 1 aromatic carbocycles. The molecule has 21 heavy (non-hydrogen) atoms. The lowest BCUT2D eigenvalue weighted by molar-refractivity contribution is -0.384. The normalized spacial score (nSPS) is 18.5. The third kappa shape index (κ3) is 4.17. The van der Waals surface area contributed by atoms with Crippen molar-refractivity contribution in [2.75, 3.05) is 24.5 Å². The highest BCUT2D eigenvalue weighted by Crippen LogP contribution is 2.30. The van der Waals surface area contributed by atoms with Gasteiger partial charge in [-0.1, -0.05) is 19.4 Å². The molecule has 0 aliphatic carbocycles. The van der Waals surface area contributed by atoms with Crippen LogP contribution in [0.5, 0.6) is 0 Å². The summed E-state index contributed by atoms with van der Waals surface area (Å²) in [6, 6.07) is 5.81. The number of nitrogens with zero attached hydrogens (tertiary/aromatic N) is 2. The van der Waals surface area contributed by atoms with Crippen molar-refractivity contribution in [3.63, 3.8) is 0 Å². The minimum absolute atomic E-state index is 0.213. The molecule has 0 spiro atoms. The van der Waals surface area contributed by atoms with Crippen molar-refractivity contribution in [1.29, 1.82) is 0 Å². The van der Waals surface area contributed by atoms with Gasteiger partial charge in [0.05, 0.1) is 4.92 Å². The van der Waals surface area contributed by atoms with Crippen LogP contribution in [0.4, 0.5) is 11.4 Å². The van der Waals surface area contributed by atoms with Gasteiger partial charge in [-0.15, -0.1) is 0 Å². The number of aryl methyl sites for hydroxylation is 1. The Hall–Kier alpha value is -1.62. The first-order valence-electron chi connectivity index (χ1n) is 7.85. The van der Waals surface area contributed by atoms with Gasteiger partial charge in [-0.2, -0.15) is 0 Å². The third-order valence-electron chi connectivity index (χ3n) is 4.01. The lowest BCUT2D eigenvalue weighted by Gasteiger charge is -2.31. The fourth-order valence-corrected chi connectivity index (χ4v) is 2.97. The van der Waals surface area contributed by atoms with E-state index in [9.17, 15) is 10.1 Å². The van der Waals surface area contributed by atoms with E-state index in [0.29, 0.717) is 6.04 Å². The molecule has 0 saturated carbocycles. The molecule has 1 unspecified atom stereocenters. The van der Waals surface area contributed by atoms with Crippen molar-refractivity contribution in [2.24, 2.45) is 0 Å². The van der Waals surface area contributed by atoms with Crippen LogP contribution in [-0.4, -0.2) is 30.6 Å². The summed E-state index contributed by atoms with van der Waals surface area (Å²) in [5.74, 6) is 0. The second kappa shape index (κ2) is 7.41. The summed E-state index contributed by atoms with van der Waals surface area (Å²) < 4.78 is 0. The highest BCUT2D eigenvalue weighted by Gasteiger charge is 2.22. The van der Waals surface area contributed by atoms with Crippen molar-refractivity contribution in [1.82, 2.24) is 5.32 Å². The van der Waals surface area contributed by atoms with E-state index in [1.54, 1.807) is 6.07 Å². The second-order valence-electron chi connectivity index (χ2n) is 5.84. The van der Waals surface area contributed by atoms with E-state index >= 15 is 0 Å². The molecule has 1 fully saturated rings. The average molecular weight is 291 g/mol. The summed E-state index contributed by atoms with van der Waals surface area (Å²) >= 11 is 0. The number of nitro groups is 1. The fraction of sp³-hybridized carbons (Fsp3) is 0.625. The molecule has 116 valence electrons. The summed E-state index contributed by atoms with van der Waals surface area (Å²) in [4.78, 5) is 13.2. The molecule has 0 aromatic heterocycles. The molecule has 0 amide bonds. The van der Waals surface area contributed by atoms with Crippen LogP contribution in [0.25, 0.3) is 0 Å². The van der Waals surface area contributed by atoms with Gasteiger partial charge in [0, 0.05) is 25.2 Å². The Morgan fingerprint density at radius 3 is 2.86 bits per heavy atom. The van der Waals surface area contributed by atoms with Crippen LogP contribution in [0, 0.1) is 17.0 Å². The highest BCUT2D eigenvalue weighted by atomic mass is 16.6. The highest BCUT2D eigenvalue weighted by molar-refractivity contribution is 5.64. The Kier molecular flexibility index (Phi) is 5.56. The Balaban J connectivity index is 2.23. The zero-order valence-electron chi connectivity index (χ0n) is 13.0. The lowest BCUT2D eigenvalue weighted by atomic mass is 10.0. The number of nitro benzene ring substituents is 1. The molecule has 1 N–H and O–H groups in total. The minimum atomic E-state index is -0.272. The monoisotopic (exact) mass is 291 g/mol. The minimum Gasteiger partial charge on any atom is -0.364 e. The van der Waals surface area contributed by atoms with Crippen molar-refractivity contribution < 1.29 is 4.92 Å². The molecule has 0 radical (unpaired) electrons. The molecular weight excluding hydrogens is 266 g/mol. The van der Waals surface area contributed by atoms with E-state index < -0.39 is 0 Å². The number of hydrogen-bond donors (Lipinski definition) is 1. The standard InChI is InChI=1S/C16H25N3O2/c1-3-10-18(12-14-6-4-5-9-17-14)16-11-13(2)7-8-15(16)19(20)21/h7-8,11,14,17H,3-6,9-10,12H2,1-2H3. The van der Waals surface area contributed by atoms with Crippen LogP contribution in [-0.2, 0) is 0 Å². The number of rotatable bonds is 6. The van der Waals surface area contributed by atoms with Crippen LogP contribution in [0.2, 0.25) is 0 Å². The van der Waals surface area contributed by atoms with Gasteiger partial charge >= 0.3 is 0 Å². The molecule has 1 atom stereocenters. The maximum Gasteiger partial charge on any atom is 0.292 e. The number of nitrogens with one attached hydrogen (secondary N) is 1. The molecule has 2 rings (SSSR count). The second-order valence-corrected chi connectivity index (χ2v) is 5.84. The predicted molar refractivity (Wildman–Crippen MR) is 86.0 cm³/mol. The van der Waals surface area contributed by atoms with Crippen LogP contribution < -0.4 is 10.2 Å². The van der Waals surface area contributed by atoms with Crippen LogP contribution in [0.15, 0.2) is 18.2 Å². The van der Waals surface area contributed by atoms with E-state index in [-0.39, 0.29) is 10.6 Å². The van der Waals surface area contributed by atoms with Crippen molar-refractivity contribution >= 4 is 11.4 Å². The molecule has 5 heteroatoms. The van der Waals surface area contributed by atoms with E-state index in [1.165, 1.54) is 12.8 Å². The van der Waals surface area contributed by atoms with Gasteiger partial charge in [0.15, 0.2) is 0 Å². The van der Waals surface area contributed by atoms with Crippen molar-refractivity contribution in [3.05, 3.63) is 33.9 Å². The summed E-state index contributed by atoms with van der Waals surface area (Å²) in [6.45, 7) is 6.85. The molecule has 1 aliphatic rings. The zero-order valence-corrected chi connectivity index (χ0v) is 13.0. The molecule has 1 aromatic rings. The number of piperidine rings is 1. The Bertz CT molecular complexity index is 484. The Morgan fingerprint density at radius 2 is 2.24 bits per heavy atom. The number of benzene rings is 1. The van der Waals surface area contributed by atoms with Crippen molar-refractivity contribution in [2.45, 2.75) is 45.6 Å². The Morgan fingerprint density at radius 1 is 1.43 bits per heavy atom. The third-order valence-corrected chi connectivity index (χ3v) is 4.01. The van der Waals surface area contributed by atoms with E-state index in [0.717, 1.165) is 43.7 Å². The van der Waals surface area contributed by atoms with Gasteiger partial charge in [0.2, 0.25) is 0 Å². The van der Waals surface area contributed by atoms with Gasteiger partial charge in [0.1, 0.15) is 5.69 Å². The zero-order chi connectivity index (χ0) is 15.2. The largest absolute Gasteiger partial charge is 0.364 e. The van der Waals surface area contributed by atoms with Gasteiger partial charge in [-0.25, -0.2) is 0 Å². The van der Waals surface area contributed by atoms with Gasteiger partial charge < -0.3 is 10.2 Å². The summed E-state index contributed by atoms with van der Waals surface area (Å²) in [7, 11) is 0. The van der Waals surface area contributed by atoms with E-state index in [4.69, 9.17) is 0 Å². The number of hydrogen-bond acceptors (Lipinski definition) is 4. The van der Waals surface area contributed by atoms with Crippen LogP contribution >= 0.6 is 0 Å². The quantitative estimate of drug-likeness (QED) is 0.645. The average Bonchev–Trinajstić information content (AvgIpc) is 2.47. The number of anilines is 1. The maximum absolute atomic E-state index is 11.3. The SMILES string of the molecule is CCCN(CC1CCCCN1)c1cc(C)ccc1[N+](=O)[O-]. The fourth-order valence-electron chi connectivity index (χ4n) is 2.97. The topological polar surface area (TPSA) is 58.4 Å². The van der Waals surface area contributed by atoms with E-state index in [1.807, 2.05) is 19.1 Å². The summed E-state index contributed by atoms with van der Waals surface area (Å²) in [6.07, 6.45) is 4.61. The smallest absolute Gasteiger partial charge is 0.292 e. The molecular formula is C16H25N3O2. The molecule has 1 saturated heterocycles. The molecule has 5 nitrogen and oxygen atoms in total. The van der Waals surface area contributed by atoms with E-state index in [2.05, 4.69) is 17.1 Å². The van der Waals surface area contributed by atoms with Crippen molar-refractivity contribution in [3.8, 4) is 0 Å². The first-order valence-corrected chi connectivity index (χ1v) is 7.85. The summed E-state index contributed by atoms with van der Waals surface area (Å²) in [5, 5.41) is 14.8. The summed E-state index contributed by atoms with van der Waals surface area (Å²) in [5.41, 5.74) is 2.03. The van der Waals surface area contributed by atoms with Crippen LogP contribution in [0.3, 0.4) is 0 Å². The van der Waals surface area contributed by atoms with Gasteiger partial charge in [0.25, 0.3) is 5.69 Å². The first-order chi connectivity index (χ1) is 10.1. The maximum atomic E-state index is 11.3.